The van der Waals surface area contributed by atoms with Crippen LogP contribution >= 0.6 is 0 Å². The molecule has 0 radical (unpaired) electrons. The molecule has 0 unspecified atom stereocenters. The first-order chi connectivity index (χ1) is 15.3. The predicted octanol–water partition coefficient (Wildman–Crippen LogP) is 3.47. The van der Waals surface area contributed by atoms with E-state index in [1.807, 2.05) is 13.8 Å². The van der Waals surface area contributed by atoms with Gasteiger partial charge in [-0.25, -0.2) is 15.2 Å². The Labute approximate surface area is 187 Å². The van der Waals surface area contributed by atoms with Gasteiger partial charge in [0.05, 0.1) is 11.6 Å². The number of pyridine rings is 1. The summed E-state index contributed by atoms with van der Waals surface area (Å²) in [6.45, 7) is 5.74. The third kappa shape index (κ3) is 6.21. The molecule has 6 N–H and O–H groups in total. The van der Waals surface area contributed by atoms with Crippen molar-refractivity contribution in [2.75, 3.05) is 12.4 Å². The van der Waals surface area contributed by atoms with Crippen molar-refractivity contribution in [1.29, 1.82) is 5.41 Å². The summed E-state index contributed by atoms with van der Waals surface area (Å²) < 4.78 is 14.6. The van der Waals surface area contributed by atoms with E-state index in [1.165, 1.54) is 25.4 Å². The monoisotopic (exact) mass is 439 g/mol. The van der Waals surface area contributed by atoms with Crippen LogP contribution in [0.15, 0.2) is 41.5 Å². The molecule has 9 heteroatoms. The zero-order chi connectivity index (χ0) is 23.8. The molecule has 170 valence electrons. The number of rotatable bonds is 6. The first-order valence-corrected chi connectivity index (χ1v) is 10.4. The summed E-state index contributed by atoms with van der Waals surface area (Å²) in [7, 11) is 1.51. The van der Waals surface area contributed by atoms with Gasteiger partial charge < -0.3 is 11.1 Å². The van der Waals surface area contributed by atoms with E-state index < -0.39 is 11.7 Å². The van der Waals surface area contributed by atoms with Crippen molar-refractivity contribution in [3.05, 3.63) is 64.7 Å². The highest BCUT2D eigenvalue weighted by Gasteiger charge is 2.20. The number of hydrogen-bond acceptors (Lipinski definition) is 6. The van der Waals surface area contributed by atoms with Crippen LogP contribution in [0.25, 0.3) is 5.57 Å². The number of nitrogens with one attached hydrogen (secondary N) is 2. The SMILES string of the molecule is CC.Cc1cc(F)c(C(=O)Nc2cccc(C(=N)N(C)N)n2)cc1/C(C=NC1CC1)=C/N. The summed E-state index contributed by atoms with van der Waals surface area (Å²) in [6, 6.07) is 7.82. The maximum Gasteiger partial charge on any atom is 0.259 e. The Balaban J connectivity index is 0.00000176. The second-order valence-electron chi connectivity index (χ2n) is 7.10. The smallest absolute Gasteiger partial charge is 0.259 e. The molecule has 0 bridgehead atoms. The summed E-state index contributed by atoms with van der Waals surface area (Å²) in [5, 5.41) is 11.6. The Morgan fingerprint density at radius 1 is 1.31 bits per heavy atom. The van der Waals surface area contributed by atoms with Gasteiger partial charge in [-0.15, -0.1) is 0 Å². The summed E-state index contributed by atoms with van der Waals surface area (Å²) in [5.74, 6) is 4.38. The number of aryl methyl sites for hydroxylation is 1. The zero-order valence-electron chi connectivity index (χ0n) is 18.8. The maximum absolute atomic E-state index is 14.6. The number of carbonyl (C=O) groups is 1. The van der Waals surface area contributed by atoms with Crippen LogP contribution < -0.4 is 16.9 Å². The summed E-state index contributed by atoms with van der Waals surface area (Å²) in [4.78, 5) is 21.3. The maximum atomic E-state index is 14.6. The molecule has 8 nitrogen and oxygen atoms in total. The van der Waals surface area contributed by atoms with Crippen molar-refractivity contribution in [3.8, 4) is 0 Å². The van der Waals surface area contributed by atoms with Gasteiger partial charge in [0.2, 0.25) is 0 Å². The molecule has 0 saturated heterocycles. The second kappa shape index (κ2) is 11.1. The molecule has 1 aliphatic rings. The number of halogens is 1. The van der Waals surface area contributed by atoms with Crippen molar-refractivity contribution >= 4 is 29.3 Å². The predicted molar refractivity (Wildman–Crippen MR) is 127 cm³/mol. The van der Waals surface area contributed by atoms with Crippen LogP contribution in [-0.4, -0.2) is 41.0 Å². The van der Waals surface area contributed by atoms with Crippen LogP contribution in [0.5, 0.6) is 0 Å². The van der Waals surface area contributed by atoms with Crippen LogP contribution in [0.1, 0.15) is 53.9 Å². The number of amides is 1. The van der Waals surface area contributed by atoms with Gasteiger partial charge in [0.25, 0.3) is 5.91 Å². The van der Waals surface area contributed by atoms with Gasteiger partial charge in [-0.05, 0) is 55.2 Å². The van der Waals surface area contributed by atoms with E-state index in [4.69, 9.17) is 17.0 Å². The third-order valence-corrected chi connectivity index (χ3v) is 4.61. The molecule has 0 spiro atoms. The molecule has 2 aromatic rings. The Morgan fingerprint density at radius 3 is 2.59 bits per heavy atom. The summed E-state index contributed by atoms with van der Waals surface area (Å²) in [6.07, 6.45) is 5.16. The minimum absolute atomic E-state index is 0.0254. The zero-order valence-corrected chi connectivity index (χ0v) is 18.8. The van der Waals surface area contributed by atoms with E-state index in [1.54, 1.807) is 31.3 Å². The number of carbonyl (C=O) groups excluding carboxylic acids is 1. The number of aromatic nitrogens is 1. The number of anilines is 1. The molecule has 0 aliphatic heterocycles. The lowest BCUT2D eigenvalue weighted by molar-refractivity contribution is 0.102. The van der Waals surface area contributed by atoms with E-state index in [0.717, 1.165) is 17.9 Å². The number of amidine groups is 1. The normalized spacial score (nSPS) is 13.4. The van der Waals surface area contributed by atoms with E-state index in [2.05, 4.69) is 15.3 Å². The number of nitrogens with zero attached hydrogens (tertiary/aromatic N) is 3. The number of benzene rings is 1. The minimum Gasteiger partial charge on any atom is -0.404 e. The van der Waals surface area contributed by atoms with Gasteiger partial charge in [-0.2, -0.15) is 0 Å². The van der Waals surface area contributed by atoms with Crippen LogP contribution in [0.4, 0.5) is 10.2 Å². The summed E-state index contributed by atoms with van der Waals surface area (Å²) >= 11 is 0. The fourth-order valence-corrected chi connectivity index (χ4v) is 2.77. The van der Waals surface area contributed by atoms with Crippen molar-refractivity contribution < 1.29 is 9.18 Å². The van der Waals surface area contributed by atoms with E-state index >= 15 is 0 Å². The Morgan fingerprint density at radius 2 is 2.00 bits per heavy atom. The third-order valence-electron chi connectivity index (χ3n) is 4.61. The highest BCUT2D eigenvalue weighted by molar-refractivity contribution is 6.12. The molecule has 1 aromatic heterocycles. The average Bonchev–Trinajstić information content (AvgIpc) is 3.60. The number of hydrogen-bond donors (Lipinski definition) is 4. The summed E-state index contributed by atoms with van der Waals surface area (Å²) in [5.41, 5.74) is 7.76. The van der Waals surface area contributed by atoms with E-state index in [0.29, 0.717) is 22.7 Å². The molecular weight excluding hydrogens is 409 g/mol. The number of aliphatic imine (C=N–C) groups is 1. The van der Waals surface area contributed by atoms with Crippen molar-refractivity contribution in [2.24, 2.45) is 16.6 Å². The lowest BCUT2D eigenvalue weighted by atomic mass is 9.98. The molecule has 0 atom stereocenters. The number of nitrogens with two attached hydrogens (primary N) is 2. The van der Waals surface area contributed by atoms with Crippen LogP contribution in [0.3, 0.4) is 0 Å². The van der Waals surface area contributed by atoms with Gasteiger partial charge in [-0.3, -0.25) is 20.2 Å². The van der Waals surface area contributed by atoms with Gasteiger partial charge in [-0.1, -0.05) is 19.9 Å². The van der Waals surface area contributed by atoms with Gasteiger partial charge in [0, 0.05) is 25.0 Å². The molecule has 1 saturated carbocycles. The Hall–Kier alpha value is -3.59. The van der Waals surface area contributed by atoms with E-state index in [9.17, 15) is 9.18 Å². The Kier molecular flexibility index (Phi) is 8.60. The average molecular weight is 440 g/mol. The molecule has 3 rings (SSSR count). The molecule has 1 aromatic carbocycles. The molecule has 1 aliphatic carbocycles. The van der Waals surface area contributed by atoms with Crippen LogP contribution in [0.2, 0.25) is 0 Å². The molecule has 1 fully saturated rings. The fraction of sp³-hybridized carbons (Fsp3) is 0.304. The Bertz CT molecular complexity index is 1040. The van der Waals surface area contributed by atoms with E-state index in [-0.39, 0.29) is 22.9 Å². The number of allylic oxidation sites excluding steroid dienone is 1. The van der Waals surface area contributed by atoms with Crippen LogP contribution in [0, 0.1) is 18.2 Å². The lowest BCUT2D eigenvalue weighted by Crippen LogP contribution is -2.33. The largest absolute Gasteiger partial charge is 0.404 e. The van der Waals surface area contributed by atoms with Gasteiger partial charge >= 0.3 is 0 Å². The standard InChI is InChI=1S/C21H24FN7O.C2H6/c1-12-8-17(22)16(9-15(12)13(10-23)11-26-14-6-7-14)21(30)28-19-5-3-4-18(27-19)20(24)29(2)25;1-2/h3-5,8-11,14,24H,6-7,23,25H2,1-2H3,(H,27,28,30);1-2H3/b13-10+,24-20?,26-11?;. The van der Waals surface area contributed by atoms with Crippen molar-refractivity contribution in [3.63, 3.8) is 0 Å². The fourth-order valence-electron chi connectivity index (χ4n) is 2.77. The first-order valence-electron chi connectivity index (χ1n) is 10.4. The second-order valence-corrected chi connectivity index (χ2v) is 7.10. The molecular formula is C23H30FN7O. The molecule has 1 heterocycles. The highest BCUT2D eigenvalue weighted by atomic mass is 19.1. The van der Waals surface area contributed by atoms with Gasteiger partial charge in [0.15, 0.2) is 5.84 Å². The minimum atomic E-state index is -0.665. The van der Waals surface area contributed by atoms with Crippen LogP contribution in [-0.2, 0) is 0 Å². The van der Waals surface area contributed by atoms with Gasteiger partial charge in [0.1, 0.15) is 17.3 Å². The number of hydrazine groups is 1. The van der Waals surface area contributed by atoms with Crippen molar-refractivity contribution in [2.45, 2.75) is 39.7 Å². The molecule has 32 heavy (non-hydrogen) atoms. The highest BCUT2D eigenvalue weighted by Crippen LogP contribution is 2.26. The van der Waals surface area contributed by atoms with Crippen molar-refractivity contribution in [1.82, 2.24) is 9.99 Å². The quantitative estimate of drug-likeness (QED) is 0.237. The molecule has 1 amide bonds. The lowest BCUT2D eigenvalue weighted by Gasteiger charge is -2.14. The topological polar surface area (TPSA) is 133 Å². The first kappa shape index (κ1) is 24.7.